The first kappa shape index (κ1) is 75.2. The van der Waals surface area contributed by atoms with Crippen LogP contribution in [0.5, 0.6) is 0 Å². The molecular formula is C94H104N6O8. The van der Waals surface area contributed by atoms with Gasteiger partial charge in [-0.05, 0) is 154 Å². The smallest absolute Gasteiger partial charge is 0.261 e. The van der Waals surface area contributed by atoms with Gasteiger partial charge in [0.05, 0.1) is 34.4 Å². The van der Waals surface area contributed by atoms with Crippen molar-refractivity contribution in [2.24, 2.45) is 0 Å². The zero-order valence-electron chi connectivity index (χ0n) is 64.8. The average molecular weight is 1450 g/mol. The minimum Gasteiger partial charge on any atom is -0.271 e. The van der Waals surface area contributed by atoms with E-state index in [1.807, 2.05) is 42.5 Å². The van der Waals surface area contributed by atoms with Gasteiger partial charge in [-0.25, -0.2) is 0 Å². The van der Waals surface area contributed by atoms with Crippen LogP contribution in [0.3, 0.4) is 0 Å². The third-order valence-electron chi connectivity index (χ3n) is 24.9. The Hall–Kier alpha value is -9.66. The van der Waals surface area contributed by atoms with Crippen molar-refractivity contribution in [1.29, 1.82) is 10.5 Å². The summed E-state index contributed by atoms with van der Waals surface area (Å²) < 4.78 is 0. The molecule has 0 N–H and O–H groups in total. The highest BCUT2D eigenvalue weighted by molar-refractivity contribution is 6.47. The van der Waals surface area contributed by atoms with Gasteiger partial charge in [0.2, 0.25) is 0 Å². The molecule has 0 saturated heterocycles. The van der Waals surface area contributed by atoms with Crippen LogP contribution >= 0.6 is 0 Å². The number of imide groups is 4. The predicted molar refractivity (Wildman–Crippen MR) is 434 cm³/mol. The second kappa shape index (κ2) is 31.9. The standard InChI is InChI=1S/C94H104N6O8/c1-9-17-25-33-57(34-26-18-10-2)97-87(101)65-45-41-61-76-56(54-96)50-72-83-74(94(108)100(92(72)106)60(39-31-23-15-7)40-32-24-16-8)52-70(79(86(76)83)63-43-47-66(88(97)102)80(65)77(61)63)69-51-73-82-68(90(104)99(93(73)107)59(37-29-21-13-5)38-30-22-14-6)46-42-62-75-55(53-95)49-71-81-67(48-44-64(84(75)81)78(69)85(62)82)89(103)98(91(71)105)58(35-27-19-11-3)36-28-20-12-4/h41-52,57-60H,9-40H2,1-8H3. The van der Waals surface area contributed by atoms with E-state index >= 15 is 38.4 Å². The molecule has 4 aliphatic rings. The van der Waals surface area contributed by atoms with Crippen molar-refractivity contribution in [3.63, 3.8) is 0 Å². The lowest BCUT2D eigenvalue weighted by Crippen LogP contribution is -2.47. The van der Waals surface area contributed by atoms with Crippen LogP contribution in [0.2, 0.25) is 0 Å². The Morgan fingerprint density at radius 2 is 0.444 bits per heavy atom. The van der Waals surface area contributed by atoms with E-state index < -0.39 is 59.3 Å². The molecule has 0 saturated carbocycles. The lowest BCUT2D eigenvalue weighted by atomic mass is 9.75. The minimum atomic E-state index is -0.492. The van der Waals surface area contributed by atoms with E-state index in [4.69, 9.17) is 0 Å². The van der Waals surface area contributed by atoms with Crippen LogP contribution in [0.1, 0.15) is 355 Å². The number of carbonyl (C=O) groups excluding carboxylic acids is 8. The molecule has 0 spiro atoms. The van der Waals surface area contributed by atoms with Gasteiger partial charge in [-0.3, -0.25) is 58.0 Å². The third-order valence-corrected chi connectivity index (χ3v) is 24.9. The van der Waals surface area contributed by atoms with Gasteiger partial charge in [0.25, 0.3) is 47.3 Å². The molecule has 10 aromatic carbocycles. The zero-order chi connectivity index (χ0) is 75.9. The number of nitriles is 2. The van der Waals surface area contributed by atoms with Crippen molar-refractivity contribution in [2.45, 2.75) is 285 Å². The summed E-state index contributed by atoms with van der Waals surface area (Å²) in [4.78, 5) is 134. The summed E-state index contributed by atoms with van der Waals surface area (Å²) in [5, 5.41) is 31.4. The summed E-state index contributed by atoms with van der Waals surface area (Å²) in [6.07, 6.45) is 26.5. The van der Waals surface area contributed by atoms with E-state index in [-0.39, 0.29) is 45.5 Å². The molecule has 0 aliphatic carbocycles. The van der Waals surface area contributed by atoms with Gasteiger partial charge >= 0.3 is 0 Å². The molecule has 0 fully saturated rings. The van der Waals surface area contributed by atoms with E-state index in [0.717, 1.165) is 154 Å². The maximum atomic E-state index is 16.7. The second-order valence-electron chi connectivity index (χ2n) is 31.8. The Balaban J connectivity index is 1.15. The van der Waals surface area contributed by atoms with Crippen LogP contribution in [-0.4, -0.2) is 91.0 Å². The zero-order valence-corrected chi connectivity index (χ0v) is 64.8. The van der Waals surface area contributed by atoms with Crippen molar-refractivity contribution >= 4 is 133 Å². The van der Waals surface area contributed by atoms with Crippen LogP contribution in [0.4, 0.5) is 0 Å². The molecule has 0 bridgehead atoms. The SMILES string of the molecule is CCCCCC(CCCCC)N1C(=O)c2ccc3c4c(C#N)cc5c6c(cc(-c7cc8c9c(ccc%10c%11c(C#N)cc%12c%13c(ccc(c7c9%10)c%13%11)C(=O)N(C(CCCCC)CCCCC)C%12=O)C(=O)N(C(CCCCC)CCCCC)C8=O)c(c7ccc(c2c37)C1=O)c64)C(=O)N(C(CCCCC)CCCCC)C5=O. The highest BCUT2D eigenvalue weighted by Crippen LogP contribution is 2.56. The molecule has 0 unspecified atom stereocenters. The molecule has 558 valence electrons. The van der Waals surface area contributed by atoms with Crippen LogP contribution < -0.4 is 0 Å². The van der Waals surface area contributed by atoms with Crippen molar-refractivity contribution in [1.82, 2.24) is 19.6 Å². The Kier molecular flexibility index (Phi) is 22.2. The van der Waals surface area contributed by atoms with Crippen LogP contribution in [0.15, 0.2) is 72.8 Å². The fourth-order valence-corrected chi connectivity index (χ4v) is 19.6. The van der Waals surface area contributed by atoms with Gasteiger partial charge in [-0.2, -0.15) is 10.5 Å². The van der Waals surface area contributed by atoms with Gasteiger partial charge in [0, 0.05) is 101 Å². The van der Waals surface area contributed by atoms with Crippen LogP contribution in [0, 0.1) is 22.7 Å². The first-order chi connectivity index (χ1) is 52.6. The van der Waals surface area contributed by atoms with E-state index in [9.17, 15) is 10.5 Å². The molecule has 8 amide bonds. The maximum Gasteiger partial charge on any atom is 0.261 e. The van der Waals surface area contributed by atoms with Gasteiger partial charge in [0.1, 0.15) is 0 Å². The number of carbonyl (C=O) groups is 8. The van der Waals surface area contributed by atoms with Gasteiger partial charge in [0.15, 0.2) is 0 Å². The Morgan fingerprint density at radius 1 is 0.231 bits per heavy atom. The van der Waals surface area contributed by atoms with Crippen LogP contribution in [-0.2, 0) is 0 Å². The molecule has 0 radical (unpaired) electrons. The molecule has 0 atom stereocenters. The first-order valence-electron chi connectivity index (χ1n) is 41.5. The molecule has 4 heterocycles. The van der Waals surface area contributed by atoms with Gasteiger partial charge in [-0.1, -0.05) is 234 Å². The summed E-state index contributed by atoms with van der Waals surface area (Å²) in [6.45, 7) is 17.1. The topological polar surface area (TPSA) is 197 Å². The molecular weight excluding hydrogens is 1340 g/mol. The highest BCUT2D eigenvalue weighted by Gasteiger charge is 2.46. The number of amides is 8. The second-order valence-corrected chi connectivity index (χ2v) is 31.8. The first-order valence-corrected chi connectivity index (χ1v) is 41.5. The van der Waals surface area contributed by atoms with Crippen molar-refractivity contribution in [2.75, 3.05) is 0 Å². The summed E-state index contributed by atoms with van der Waals surface area (Å²) in [5.74, 6) is -3.55. The van der Waals surface area contributed by atoms with E-state index in [2.05, 4.69) is 67.5 Å². The van der Waals surface area contributed by atoms with Crippen molar-refractivity contribution in [3.05, 3.63) is 128 Å². The number of nitrogens with zero attached hydrogens (tertiary/aromatic N) is 6. The lowest BCUT2D eigenvalue weighted by molar-refractivity contribution is 0.0501. The Bertz CT molecular complexity index is 5340. The fraction of sp³-hybridized carbons (Fsp3) is 0.468. The molecule has 14 nitrogen and oxygen atoms in total. The normalized spacial score (nSPS) is 14.6. The third kappa shape index (κ3) is 12.3. The fourth-order valence-electron chi connectivity index (χ4n) is 19.6. The van der Waals surface area contributed by atoms with Crippen LogP contribution in [0.25, 0.3) is 97.3 Å². The summed E-state index contributed by atoms with van der Waals surface area (Å²) in [5.41, 5.74) is 3.46. The Morgan fingerprint density at radius 3 is 0.731 bits per heavy atom. The number of fused-ring (bicyclic) bond motifs is 4. The maximum absolute atomic E-state index is 16.7. The quantitative estimate of drug-likeness (QED) is 0.0156. The predicted octanol–water partition coefficient (Wildman–Crippen LogP) is 23.7. The number of rotatable bonds is 37. The largest absolute Gasteiger partial charge is 0.271 e. The molecule has 10 aromatic rings. The summed E-state index contributed by atoms with van der Waals surface area (Å²) >= 11 is 0. The number of unbranched alkanes of at least 4 members (excludes halogenated alkanes) is 16. The van der Waals surface area contributed by atoms with E-state index in [1.54, 1.807) is 30.3 Å². The number of hydrogen-bond donors (Lipinski definition) is 0. The lowest BCUT2D eigenvalue weighted by Gasteiger charge is -2.37. The van der Waals surface area contributed by atoms with Crippen molar-refractivity contribution in [3.8, 4) is 23.3 Å². The van der Waals surface area contributed by atoms with Gasteiger partial charge < -0.3 is 0 Å². The van der Waals surface area contributed by atoms with Gasteiger partial charge in [-0.15, -0.1) is 0 Å². The highest BCUT2D eigenvalue weighted by atomic mass is 16.2. The Labute approximate surface area is 635 Å². The van der Waals surface area contributed by atoms with Crippen molar-refractivity contribution < 1.29 is 38.4 Å². The molecule has 14 heteroatoms. The monoisotopic (exact) mass is 1440 g/mol. The average Bonchev–Trinajstić information content (AvgIpc) is 0.560. The molecule has 4 aliphatic heterocycles. The number of hydrogen-bond acceptors (Lipinski definition) is 10. The minimum absolute atomic E-state index is 0.161. The summed E-state index contributed by atoms with van der Waals surface area (Å²) in [7, 11) is 0. The van der Waals surface area contributed by atoms with E-state index in [1.165, 1.54) is 19.6 Å². The molecule has 14 rings (SSSR count). The molecule has 108 heavy (non-hydrogen) atoms. The number of benzene rings is 10. The molecule has 0 aromatic heterocycles. The van der Waals surface area contributed by atoms with E-state index in [0.29, 0.717) is 171 Å². The summed E-state index contributed by atoms with van der Waals surface area (Å²) in [6, 6.07) is 25.2.